The van der Waals surface area contributed by atoms with Crippen LogP contribution < -0.4 is 0 Å². The van der Waals surface area contributed by atoms with E-state index in [1.54, 1.807) is 0 Å². The van der Waals surface area contributed by atoms with Crippen molar-refractivity contribution in [3.63, 3.8) is 0 Å². The van der Waals surface area contributed by atoms with Crippen molar-refractivity contribution in [3.8, 4) is 0 Å². The van der Waals surface area contributed by atoms with Crippen LogP contribution in [-0.4, -0.2) is 23.3 Å². The zero-order chi connectivity index (χ0) is 22.8. The van der Waals surface area contributed by atoms with Crippen LogP contribution in [0.4, 0.5) is 13.2 Å². The summed E-state index contributed by atoms with van der Waals surface area (Å²) in [6, 6.07) is 5.12. The number of unbranched alkanes of at least 4 members (excludes halogenated alkanes) is 5. The van der Waals surface area contributed by atoms with Gasteiger partial charge < -0.3 is 14.6 Å². The fourth-order valence-electron chi connectivity index (χ4n) is 3.59. The number of halogens is 3. The molecule has 3 nitrogen and oxygen atoms in total. The van der Waals surface area contributed by atoms with E-state index in [9.17, 15) is 18.3 Å². The molecule has 174 valence electrons. The van der Waals surface area contributed by atoms with Gasteiger partial charge in [0.25, 0.3) is 5.97 Å². The first-order chi connectivity index (χ1) is 14.0. The van der Waals surface area contributed by atoms with Crippen molar-refractivity contribution in [1.82, 2.24) is 0 Å². The first-order valence-corrected chi connectivity index (χ1v) is 11.2. The van der Waals surface area contributed by atoms with Crippen LogP contribution in [0, 0.1) is 5.92 Å². The van der Waals surface area contributed by atoms with Gasteiger partial charge in [-0.1, -0.05) is 57.6 Å². The second-order valence-corrected chi connectivity index (χ2v) is 8.62. The number of hydrogen-bond donors (Lipinski definition) is 1. The predicted molar refractivity (Wildman–Crippen MR) is 114 cm³/mol. The molecule has 0 aliphatic rings. The van der Waals surface area contributed by atoms with Crippen molar-refractivity contribution in [2.45, 2.75) is 110 Å². The van der Waals surface area contributed by atoms with E-state index in [-0.39, 0.29) is 18.1 Å². The lowest BCUT2D eigenvalue weighted by atomic mass is 9.90. The van der Waals surface area contributed by atoms with Crippen LogP contribution >= 0.6 is 0 Å². The third kappa shape index (κ3) is 9.80. The van der Waals surface area contributed by atoms with Gasteiger partial charge in [-0.05, 0) is 58.2 Å². The summed E-state index contributed by atoms with van der Waals surface area (Å²) in [5.41, 5.74) is 0.0444. The minimum atomic E-state index is -4.36. The highest BCUT2D eigenvalue weighted by atomic mass is 19.4. The SMILES string of the molecule is CCCCCCCCC(Cc1ccc(C(F)(F)F)cc1)C(O)(OC(C)C)OC(C)C. The number of rotatable bonds is 14. The Morgan fingerprint density at radius 2 is 1.33 bits per heavy atom. The highest BCUT2D eigenvalue weighted by Crippen LogP contribution is 2.34. The lowest BCUT2D eigenvalue weighted by molar-refractivity contribution is -0.407. The normalized spacial score (nSPS) is 14.0. The van der Waals surface area contributed by atoms with Crippen molar-refractivity contribution in [2.24, 2.45) is 5.92 Å². The summed E-state index contributed by atoms with van der Waals surface area (Å²) in [6.07, 6.45) is 2.84. The lowest BCUT2D eigenvalue weighted by Crippen LogP contribution is -2.48. The molecule has 1 atom stereocenters. The van der Waals surface area contributed by atoms with Crippen LogP contribution in [-0.2, 0) is 22.1 Å². The smallest absolute Gasteiger partial charge is 0.343 e. The Hall–Kier alpha value is -1.11. The first-order valence-electron chi connectivity index (χ1n) is 11.2. The molecule has 0 spiro atoms. The summed E-state index contributed by atoms with van der Waals surface area (Å²) in [5.74, 6) is -2.17. The topological polar surface area (TPSA) is 38.7 Å². The lowest BCUT2D eigenvalue weighted by Gasteiger charge is -2.38. The summed E-state index contributed by atoms with van der Waals surface area (Å²) in [7, 11) is 0. The first kappa shape index (κ1) is 26.9. The number of ether oxygens (including phenoxy) is 2. The molecule has 30 heavy (non-hydrogen) atoms. The summed E-state index contributed by atoms with van der Waals surface area (Å²) in [4.78, 5) is 0. The number of benzene rings is 1. The van der Waals surface area contributed by atoms with E-state index >= 15 is 0 Å². The molecule has 6 heteroatoms. The van der Waals surface area contributed by atoms with Gasteiger partial charge in [0.2, 0.25) is 0 Å². The van der Waals surface area contributed by atoms with Crippen molar-refractivity contribution in [3.05, 3.63) is 35.4 Å². The van der Waals surface area contributed by atoms with Crippen LogP contribution in [0.3, 0.4) is 0 Å². The Balaban J connectivity index is 2.97. The minimum absolute atomic E-state index is 0.256. The van der Waals surface area contributed by atoms with E-state index in [1.807, 2.05) is 27.7 Å². The molecule has 1 aromatic carbocycles. The fraction of sp³-hybridized carbons (Fsp3) is 0.750. The van der Waals surface area contributed by atoms with E-state index in [1.165, 1.54) is 31.4 Å². The molecular weight excluding hydrogens is 393 g/mol. The Kier molecular flexibility index (Phi) is 11.4. The maximum absolute atomic E-state index is 12.9. The number of aliphatic hydroxyl groups is 1. The average Bonchev–Trinajstić information content (AvgIpc) is 2.61. The van der Waals surface area contributed by atoms with E-state index in [4.69, 9.17) is 9.47 Å². The van der Waals surface area contributed by atoms with Crippen LogP contribution in [0.25, 0.3) is 0 Å². The molecule has 0 heterocycles. The highest BCUT2D eigenvalue weighted by molar-refractivity contribution is 5.25. The summed E-state index contributed by atoms with van der Waals surface area (Å²) >= 11 is 0. The van der Waals surface area contributed by atoms with Crippen LogP contribution in [0.15, 0.2) is 24.3 Å². The van der Waals surface area contributed by atoms with Gasteiger partial charge >= 0.3 is 6.18 Å². The van der Waals surface area contributed by atoms with Gasteiger partial charge in [0.1, 0.15) is 0 Å². The molecule has 0 saturated carbocycles. The van der Waals surface area contributed by atoms with Crippen molar-refractivity contribution in [2.75, 3.05) is 0 Å². The largest absolute Gasteiger partial charge is 0.416 e. The van der Waals surface area contributed by atoms with Gasteiger partial charge in [0.15, 0.2) is 0 Å². The molecule has 1 unspecified atom stereocenters. The van der Waals surface area contributed by atoms with Gasteiger partial charge in [-0.2, -0.15) is 13.2 Å². The van der Waals surface area contributed by atoms with Crippen LogP contribution in [0.5, 0.6) is 0 Å². The van der Waals surface area contributed by atoms with Gasteiger partial charge in [-0.25, -0.2) is 0 Å². The molecule has 0 amide bonds. The second kappa shape index (κ2) is 12.7. The minimum Gasteiger partial charge on any atom is -0.343 e. The standard InChI is InChI=1S/C24H39F3O3/c1-6-7-8-9-10-11-12-22(24(28,29-18(2)3)30-19(4)5)17-20-13-15-21(16-14-20)23(25,26)27/h13-16,18-19,22,28H,6-12,17H2,1-5H3. The molecule has 1 rings (SSSR count). The molecule has 0 bridgehead atoms. The van der Waals surface area contributed by atoms with Gasteiger partial charge in [-0.3, -0.25) is 0 Å². The van der Waals surface area contributed by atoms with Crippen LogP contribution in [0.2, 0.25) is 0 Å². The Labute approximate surface area is 180 Å². The molecular formula is C24H39F3O3. The third-order valence-corrected chi connectivity index (χ3v) is 4.99. The quantitative estimate of drug-likeness (QED) is 0.251. The molecule has 0 aliphatic heterocycles. The van der Waals surface area contributed by atoms with Gasteiger partial charge in [0, 0.05) is 5.92 Å². The zero-order valence-electron chi connectivity index (χ0n) is 19.1. The average molecular weight is 433 g/mol. The maximum Gasteiger partial charge on any atom is 0.416 e. The van der Waals surface area contributed by atoms with Gasteiger partial charge in [-0.15, -0.1) is 0 Å². The molecule has 1 aromatic rings. The van der Waals surface area contributed by atoms with Crippen LogP contribution in [0.1, 0.15) is 90.7 Å². The Bertz CT molecular complexity index is 572. The monoisotopic (exact) mass is 432 g/mol. The molecule has 0 fully saturated rings. The van der Waals surface area contributed by atoms with E-state index < -0.39 is 17.7 Å². The Morgan fingerprint density at radius 1 is 0.833 bits per heavy atom. The zero-order valence-corrected chi connectivity index (χ0v) is 19.1. The number of alkyl halides is 3. The number of hydrogen-bond acceptors (Lipinski definition) is 3. The Morgan fingerprint density at radius 3 is 1.80 bits per heavy atom. The van der Waals surface area contributed by atoms with Crippen molar-refractivity contribution >= 4 is 0 Å². The third-order valence-electron chi connectivity index (χ3n) is 4.99. The van der Waals surface area contributed by atoms with E-state index in [0.29, 0.717) is 12.8 Å². The highest BCUT2D eigenvalue weighted by Gasteiger charge is 2.41. The molecule has 0 aliphatic carbocycles. The fourth-order valence-corrected chi connectivity index (χ4v) is 3.59. The van der Waals surface area contributed by atoms with Crippen molar-refractivity contribution in [1.29, 1.82) is 0 Å². The summed E-state index contributed by atoms with van der Waals surface area (Å²) in [5, 5.41) is 11.3. The molecule has 0 radical (unpaired) electrons. The van der Waals surface area contributed by atoms with E-state index in [2.05, 4.69) is 6.92 Å². The van der Waals surface area contributed by atoms with Gasteiger partial charge in [0.05, 0.1) is 17.8 Å². The molecule has 0 saturated heterocycles. The summed E-state index contributed by atoms with van der Waals surface area (Å²) in [6.45, 7) is 9.49. The molecule has 1 N–H and O–H groups in total. The molecule has 0 aromatic heterocycles. The van der Waals surface area contributed by atoms with Crippen molar-refractivity contribution < 1.29 is 27.8 Å². The van der Waals surface area contributed by atoms with E-state index in [0.717, 1.165) is 37.0 Å². The predicted octanol–water partition coefficient (Wildman–Crippen LogP) is 7.11. The maximum atomic E-state index is 12.9. The second-order valence-electron chi connectivity index (χ2n) is 8.62. The summed E-state index contributed by atoms with van der Waals surface area (Å²) < 4.78 is 50.2.